The predicted octanol–water partition coefficient (Wildman–Crippen LogP) is 3.38. The highest BCUT2D eigenvalue weighted by Gasteiger charge is 2.30. The third-order valence-electron chi connectivity index (χ3n) is 4.54. The molecule has 1 saturated heterocycles. The van der Waals surface area contributed by atoms with Crippen LogP contribution in [0.25, 0.3) is 0 Å². The van der Waals surface area contributed by atoms with Crippen molar-refractivity contribution in [3.05, 3.63) is 60.2 Å². The average molecular weight is 391 g/mol. The molecule has 1 aliphatic heterocycles. The van der Waals surface area contributed by atoms with E-state index < -0.39 is 24.1 Å². The van der Waals surface area contributed by atoms with Gasteiger partial charge >= 0.3 is 6.18 Å². The molecule has 2 aromatic carbocycles. The quantitative estimate of drug-likeness (QED) is 0.813. The summed E-state index contributed by atoms with van der Waals surface area (Å²) in [5, 5.41) is 2.36. The van der Waals surface area contributed by atoms with Crippen LogP contribution in [-0.4, -0.2) is 42.9 Å². The van der Waals surface area contributed by atoms with Gasteiger partial charge in [-0.05, 0) is 30.3 Å². The van der Waals surface area contributed by atoms with Crippen molar-refractivity contribution >= 4 is 23.2 Å². The molecule has 1 fully saturated rings. The lowest BCUT2D eigenvalue weighted by atomic mass is 10.2. The van der Waals surface area contributed by atoms with Crippen molar-refractivity contribution in [2.45, 2.75) is 12.6 Å². The summed E-state index contributed by atoms with van der Waals surface area (Å²) < 4.78 is 38.2. The summed E-state index contributed by atoms with van der Waals surface area (Å²) in [7, 11) is 0. The Morgan fingerprint density at radius 1 is 0.929 bits per heavy atom. The van der Waals surface area contributed by atoms with Crippen LogP contribution in [0.1, 0.15) is 12.0 Å². The number of anilines is 2. The fraction of sp³-hybridized carbons (Fsp3) is 0.300. The highest BCUT2D eigenvalue weighted by Crippen LogP contribution is 2.30. The summed E-state index contributed by atoms with van der Waals surface area (Å²) >= 11 is 0. The smallest absolute Gasteiger partial charge is 0.368 e. The number of rotatable bonds is 4. The SMILES string of the molecule is O=C(CC(=O)N1CCN(c2ccccc2)CC1)Nc1cccc(C(F)(F)F)c1. The van der Waals surface area contributed by atoms with Crippen LogP contribution in [0.3, 0.4) is 0 Å². The third-order valence-corrected chi connectivity index (χ3v) is 4.54. The molecular weight excluding hydrogens is 371 g/mol. The molecule has 0 bridgehead atoms. The molecule has 2 amide bonds. The lowest BCUT2D eigenvalue weighted by Gasteiger charge is -2.36. The van der Waals surface area contributed by atoms with Crippen LogP contribution in [0.4, 0.5) is 24.5 Å². The molecule has 0 unspecified atom stereocenters. The maximum atomic E-state index is 12.7. The zero-order chi connectivity index (χ0) is 20.1. The second-order valence-electron chi connectivity index (χ2n) is 6.51. The number of hydrogen-bond acceptors (Lipinski definition) is 3. The molecule has 2 aromatic rings. The van der Waals surface area contributed by atoms with E-state index in [-0.39, 0.29) is 11.6 Å². The Bertz CT molecular complexity index is 832. The number of nitrogens with zero attached hydrogens (tertiary/aromatic N) is 2. The van der Waals surface area contributed by atoms with Gasteiger partial charge in [0, 0.05) is 37.6 Å². The standard InChI is InChI=1S/C20H20F3N3O2/c21-20(22,23)15-5-4-6-16(13-15)24-18(27)14-19(28)26-11-9-25(10-12-26)17-7-2-1-3-8-17/h1-8,13H,9-12,14H2,(H,24,27). The Morgan fingerprint density at radius 2 is 1.61 bits per heavy atom. The van der Waals surface area contributed by atoms with E-state index in [1.54, 1.807) is 4.90 Å². The number of piperazine rings is 1. The minimum Gasteiger partial charge on any atom is -0.368 e. The highest BCUT2D eigenvalue weighted by molar-refractivity contribution is 6.03. The zero-order valence-corrected chi connectivity index (χ0v) is 15.1. The molecule has 0 radical (unpaired) electrons. The summed E-state index contributed by atoms with van der Waals surface area (Å²) in [4.78, 5) is 28.2. The largest absolute Gasteiger partial charge is 0.416 e. The van der Waals surface area contributed by atoms with Crippen LogP contribution >= 0.6 is 0 Å². The first-order valence-corrected chi connectivity index (χ1v) is 8.88. The van der Waals surface area contributed by atoms with E-state index in [4.69, 9.17) is 0 Å². The fourth-order valence-electron chi connectivity index (χ4n) is 3.08. The summed E-state index contributed by atoms with van der Waals surface area (Å²) in [5.74, 6) is -0.966. The van der Waals surface area contributed by atoms with E-state index in [1.807, 2.05) is 30.3 Å². The highest BCUT2D eigenvalue weighted by atomic mass is 19.4. The predicted molar refractivity (Wildman–Crippen MR) is 99.9 cm³/mol. The van der Waals surface area contributed by atoms with Crippen LogP contribution in [0.2, 0.25) is 0 Å². The van der Waals surface area contributed by atoms with E-state index in [1.165, 1.54) is 12.1 Å². The van der Waals surface area contributed by atoms with E-state index in [0.717, 1.165) is 17.8 Å². The molecule has 0 atom stereocenters. The number of para-hydroxylation sites is 1. The maximum absolute atomic E-state index is 12.7. The first kappa shape index (κ1) is 19.7. The Hall–Kier alpha value is -3.03. The Kier molecular flexibility index (Phi) is 5.87. The van der Waals surface area contributed by atoms with E-state index in [2.05, 4.69) is 10.2 Å². The third kappa shape index (κ3) is 5.03. The first-order valence-electron chi connectivity index (χ1n) is 8.88. The summed E-state index contributed by atoms with van der Waals surface area (Å²) in [6.07, 6.45) is -4.89. The molecule has 1 N–H and O–H groups in total. The van der Waals surface area contributed by atoms with Gasteiger partial charge in [-0.2, -0.15) is 13.2 Å². The van der Waals surface area contributed by atoms with Gasteiger partial charge in [0.15, 0.2) is 0 Å². The maximum Gasteiger partial charge on any atom is 0.416 e. The second-order valence-corrected chi connectivity index (χ2v) is 6.51. The van der Waals surface area contributed by atoms with Gasteiger partial charge in [-0.3, -0.25) is 9.59 Å². The Balaban J connectivity index is 1.51. The van der Waals surface area contributed by atoms with Crippen molar-refractivity contribution in [2.24, 2.45) is 0 Å². The Morgan fingerprint density at radius 3 is 2.25 bits per heavy atom. The van der Waals surface area contributed by atoms with Crippen molar-refractivity contribution in [1.29, 1.82) is 0 Å². The molecule has 0 aromatic heterocycles. The molecule has 8 heteroatoms. The van der Waals surface area contributed by atoms with Crippen molar-refractivity contribution in [1.82, 2.24) is 4.90 Å². The van der Waals surface area contributed by atoms with Crippen LogP contribution in [0.15, 0.2) is 54.6 Å². The molecule has 1 heterocycles. The van der Waals surface area contributed by atoms with E-state index in [0.29, 0.717) is 26.2 Å². The molecule has 28 heavy (non-hydrogen) atoms. The molecule has 5 nitrogen and oxygen atoms in total. The van der Waals surface area contributed by atoms with Crippen LogP contribution in [-0.2, 0) is 15.8 Å². The lowest BCUT2D eigenvalue weighted by molar-refractivity contribution is -0.138. The van der Waals surface area contributed by atoms with Crippen molar-refractivity contribution in [3.8, 4) is 0 Å². The minimum atomic E-state index is -4.49. The van der Waals surface area contributed by atoms with Gasteiger partial charge in [-0.15, -0.1) is 0 Å². The molecule has 0 spiro atoms. The van der Waals surface area contributed by atoms with Crippen LogP contribution in [0, 0.1) is 0 Å². The Labute approximate surface area is 160 Å². The molecular formula is C20H20F3N3O2. The van der Waals surface area contributed by atoms with Crippen molar-refractivity contribution in [3.63, 3.8) is 0 Å². The minimum absolute atomic E-state index is 0.0153. The number of carbonyl (C=O) groups is 2. The van der Waals surface area contributed by atoms with Gasteiger partial charge < -0.3 is 15.1 Å². The number of alkyl halides is 3. The normalized spacial score (nSPS) is 14.7. The van der Waals surface area contributed by atoms with Gasteiger partial charge in [0.1, 0.15) is 6.42 Å². The van der Waals surface area contributed by atoms with Crippen LogP contribution < -0.4 is 10.2 Å². The number of hydrogen-bond donors (Lipinski definition) is 1. The second kappa shape index (κ2) is 8.33. The molecule has 1 aliphatic rings. The van der Waals surface area contributed by atoms with E-state index >= 15 is 0 Å². The lowest BCUT2D eigenvalue weighted by Crippen LogP contribution is -2.49. The molecule has 0 aliphatic carbocycles. The summed E-state index contributed by atoms with van der Waals surface area (Å²) in [5.41, 5.74) is 0.243. The number of nitrogens with one attached hydrogen (secondary N) is 1. The van der Waals surface area contributed by atoms with Gasteiger partial charge in [0.05, 0.1) is 5.56 Å². The summed E-state index contributed by atoms with van der Waals surface area (Å²) in [6, 6.07) is 14.2. The fourth-order valence-corrected chi connectivity index (χ4v) is 3.08. The van der Waals surface area contributed by atoms with Crippen molar-refractivity contribution < 1.29 is 22.8 Å². The molecule has 0 saturated carbocycles. The monoisotopic (exact) mass is 391 g/mol. The van der Waals surface area contributed by atoms with E-state index in [9.17, 15) is 22.8 Å². The first-order chi connectivity index (χ1) is 13.3. The zero-order valence-electron chi connectivity index (χ0n) is 15.1. The van der Waals surface area contributed by atoms with Gasteiger partial charge in [0.2, 0.25) is 11.8 Å². The van der Waals surface area contributed by atoms with Crippen LogP contribution in [0.5, 0.6) is 0 Å². The molecule has 148 valence electrons. The number of carbonyl (C=O) groups excluding carboxylic acids is 2. The summed E-state index contributed by atoms with van der Waals surface area (Å²) in [6.45, 7) is 2.30. The molecule has 3 rings (SSSR count). The number of benzene rings is 2. The average Bonchev–Trinajstić information content (AvgIpc) is 2.68. The van der Waals surface area contributed by atoms with Crippen molar-refractivity contribution in [2.75, 3.05) is 36.4 Å². The van der Waals surface area contributed by atoms with Gasteiger partial charge in [-0.1, -0.05) is 24.3 Å². The van der Waals surface area contributed by atoms with Gasteiger partial charge in [0.25, 0.3) is 0 Å². The number of halogens is 3. The topological polar surface area (TPSA) is 52.7 Å². The number of amides is 2. The van der Waals surface area contributed by atoms with Gasteiger partial charge in [-0.25, -0.2) is 0 Å².